The number of aromatic nitrogens is 1. The zero-order valence-corrected chi connectivity index (χ0v) is 17.1. The molecule has 3 aromatic rings. The summed E-state index contributed by atoms with van der Waals surface area (Å²) in [6.07, 6.45) is 0. The van der Waals surface area contributed by atoms with Gasteiger partial charge >= 0.3 is 0 Å². The maximum atomic E-state index is 12.3. The van der Waals surface area contributed by atoms with E-state index in [1.54, 1.807) is 13.2 Å². The highest BCUT2D eigenvalue weighted by molar-refractivity contribution is 9.10. The van der Waals surface area contributed by atoms with Crippen LogP contribution in [0.25, 0.3) is 10.9 Å². The van der Waals surface area contributed by atoms with Crippen molar-refractivity contribution in [3.63, 3.8) is 0 Å². The Morgan fingerprint density at radius 1 is 1.30 bits per heavy atom. The van der Waals surface area contributed by atoms with E-state index in [9.17, 15) is 10.1 Å². The van der Waals surface area contributed by atoms with Crippen LogP contribution in [0.2, 0.25) is 0 Å². The number of benzene rings is 2. The molecular weight excluding hydrogens is 426 g/mol. The molecule has 0 fully saturated rings. The average molecular weight is 442 g/mol. The van der Waals surface area contributed by atoms with E-state index < -0.39 is 0 Å². The summed E-state index contributed by atoms with van der Waals surface area (Å²) in [5.74, 6) is 0.677. The first kappa shape index (κ1) is 19.2. The predicted octanol–water partition coefficient (Wildman–Crippen LogP) is 4.92. The number of nitrogens with zero attached hydrogens (tertiary/aromatic N) is 2. The summed E-state index contributed by atoms with van der Waals surface area (Å²) >= 11 is 4.68. The van der Waals surface area contributed by atoms with Gasteiger partial charge in [0.05, 0.1) is 29.6 Å². The van der Waals surface area contributed by atoms with Crippen molar-refractivity contribution in [2.24, 2.45) is 0 Å². The zero-order chi connectivity index (χ0) is 19.4. The van der Waals surface area contributed by atoms with Crippen LogP contribution in [0.5, 0.6) is 5.75 Å². The monoisotopic (exact) mass is 441 g/mol. The van der Waals surface area contributed by atoms with Gasteiger partial charge in [0.15, 0.2) is 0 Å². The van der Waals surface area contributed by atoms with Gasteiger partial charge in [-0.2, -0.15) is 5.26 Å². The van der Waals surface area contributed by atoms with Crippen LogP contribution in [0, 0.1) is 18.3 Å². The molecule has 0 radical (unpaired) electrons. The number of carbonyl (C=O) groups excluding carboxylic acids is 1. The van der Waals surface area contributed by atoms with Crippen LogP contribution in [0.15, 0.2) is 52.0 Å². The first-order valence-corrected chi connectivity index (χ1v) is 9.85. The summed E-state index contributed by atoms with van der Waals surface area (Å²) < 4.78 is 6.05. The first-order chi connectivity index (χ1) is 13.0. The number of pyridine rings is 1. The molecule has 3 rings (SSSR count). The van der Waals surface area contributed by atoms with Gasteiger partial charge < -0.3 is 10.1 Å². The molecule has 0 aliphatic heterocycles. The fourth-order valence-corrected chi connectivity index (χ4v) is 3.84. The van der Waals surface area contributed by atoms with Gasteiger partial charge in [-0.25, -0.2) is 4.98 Å². The Morgan fingerprint density at radius 2 is 2.11 bits per heavy atom. The largest absolute Gasteiger partial charge is 0.497 e. The number of amides is 1. The Labute approximate surface area is 169 Å². The molecule has 1 aromatic heterocycles. The van der Waals surface area contributed by atoms with Gasteiger partial charge in [-0.3, -0.25) is 4.79 Å². The number of ether oxygens (including phenoxy) is 1. The number of carbonyl (C=O) groups is 1. The van der Waals surface area contributed by atoms with E-state index in [0.717, 1.165) is 20.9 Å². The SMILES string of the molecule is COc1ccc2cc(C#N)c(SCC(=O)Nc3ccc(C)cc3Br)nc2c1. The molecule has 1 amide bonds. The fraction of sp³-hybridized carbons (Fsp3) is 0.150. The predicted molar refractivity (Wildman–Crippen MR) is 111 cm³/mol. The average Bonchev–Trinajstić information content (AvgIpc) is 2.67. The van der Waals surface area contributed by atoms with Gasteiger partial charge in [0.25, 0.3) is 0 Å². The molecule has 0 aliphatic rings. The molecule has 0 unspecified atom stereocenters. The normalized spacial score (nSPS) is 10.4. The van der Waals surface area contributed by atoms with E-state index in [1.807, 2.05) is 43.3 Å². The Hall–Kier alpha value is -2.56. The van der Waals surface area contributed by atoms with Crippen LogP contribution in [0.1, 0.15) is 11.1 Å². The van der Waals surface area contributed by atoms with Gasteiger partial charge in [-0.1, -0.05) is 17.8 Å². The number of halogens is 1. The van der Waals surface area contributed by atoms with Crippen molar-refractivity contribution < 1.29 is 9.53 Å². The van der Waals surface area contributed by atoms with Gasteiger partial charge in [0.1, 0.15) is 16.8 Å². The third-order valence-electron chi connectivity index (χ3n) is 3.85. The third kappa shape index (κ3) is 4.59. The number of methoxy groups -OCH3 is 1. The minimum atomic E-state index is -0.166. The molecule has 0 bridgehead atoms. The van der Waals surface area contributed by atoms with Crippen molar-refractivity contribution in [2.45, 2.75) is 11.9 Å². The molecule has 0 aliphatic carbocycles. The molecule has 7 heteroatoms. The Balaban J connectivity index is 1.77. The third-order valence-corrected chi connectivity index (χ3v) is 5.50. The summed E-state index contributed by atoms with van der Waals surface area (Å²) in [4.78, 5) is 16.8. The molecule has 136 valence electrons. The van der Waals surface area contributed by atoms with E-state index in [0.29, 0.717) is 22.0 Å². The number of nitrogens with one attached hydrogen (secondary N) is 1. The molecule has 0 saturated carbocycles. The lowest BCUT2D eigenvalue weighted by Gasteiger charge is -2.09. The number of fused-ring (bicyclic) bond motifs is 1. The van der Waals surface area contributed by atoms with E-state index >= 15 is 0 Å². The molecule has 2 aromatic carbocycles. The standard InChI is InChI=1S/C20H16BrN3O2S/c1-12-3-6-17(16(21)7-12)23-19(25)11-27-20-14(10-22)8-13-4-5-15(26-2)9-18(13)24-20/h3-9H,11H2,1-2H3,(H,23,25). The van der Waals surface area contributed by atoms with Crippen molar-refractivity contribution in [1.82, 2.24) is 4.98 Å². The van der Waals surface area contributed by atoms with Gasteiger partial charge in [-0.05, 0) is 58.7 Å². The Bertz CT molecular complexity index is 1060. The lowest BCUT2D eigenvalue weighted by atomic mass is 10.1. The number of aryl methyl sites for hydroxylation is 1. The number of rotatable bonds is 5. The molecule has 1 N–H and O–H groups in total. The summed E-state index contributed by atoms with van der Waals surface area (Å²) in [5.41, 5.74) is 2.98. The molecular formula is C20H16BrN3O2S. The molecule has 0 atom stereocenters. The summed E-state index contributed by atoms with van der Waals surface area (Å²) in [6, 6.07) is 15.1. The number of anilines is 1. The zero-order valence-electron chi connectivity index (χ0n) is 14.7. The second kappa shape index (κ2) is 8.42. The molecule has 1 heterocycles. The van der Waals surface area contributed by atoms with E-state index in [2.05, 4.69) is 32.3 Å². The fourth-order valence-electron chi connectivity index (χ4n) is 2.49. The lowest BCUT2D eigenvalue weighted by Crippen LogP contribution is -2.14. The number of thioether (sulfide) groups is 1. The number of hydrogen-bond acceptors (Lipinski definition) is 5. The van der Waals surface area contributed by atoms with Gasteiger partial charge in [0.2, 0.25) is 5.91 Å². The minimum absolute atomic E-state index is 0.150. The van der Waals surface area contributed by atoms with Crippen molar-refractivity contribution in [2.75, 3.05) is 18.2 Å². The quantitative estimate of drug-likeness (QED) is 0.568. The van der Waals surface area contributed by atoms with Crippen LogP contribution < -0.4 is 10.1 Å². The van der Waals surface area contributed by atoms with Crippen LogP contribution >= 0.6 is 27.7 Å². The topological polar surface area (TPSA) is 75.0 Å². The van der Waals surface area contributed by atoms with Crippen LogP contribution in [0.4, 0.5) is 5.69 Å². The van der Waals surface area contributed by atoms with Gasteiger partial charge in [-0.15, -0.1) is 0 Å². The Kier molecular flexibility index (Phi) is 5.99. The van der Waals surface area contributed by atoms with Gasteiger partial charge in [0, 0.05) is 15.9 Å². The van der Waals surface area contributed by atoms with Crippen LogP contribution in [0.3, 0.4) is 0 Å². The maximum Gasteiger partial charge on any atom is 0.234 e. The summed E-state index contributed by atoms with van der Waals surface area (Å²) in [5, 5.41) is 13.6. The smallest absolute Gasteiger partial charge is 0.234 e. The Morgan fingerprint density at radius 3 is 2.81 bits per heavy atom. The van der Waals surface area contributed by atoms with E-state index in [4.69, 9.17) is 4.74 Å². The van der Waals surface area contributed by atoms with Crippen molar-refractivity contribution in [3.8, 4) is 11.8 Å². The second-order valence-corrected chi connectivity index (χ2v) is 7.65. The highest BCUT2D eigenvalue weighted by atomic mass is 79.9. The molecule has 27 heavy (non-hydrogen) atoms. The highest BCUT2D eigenvalue weighted by Crippen LogP contribution is 2.28. The number of nitriles is 1. The molecule has 0 saturated heterocycles. The van der Waals surface area contributed by atoms with Crippen molar-refractivity contribution in [1.29, 1.82) is 5.26 Å². The molecule has 0 spiro atoms. The molecule has 5 nitrogen and oxygen atoms in total. The van der Waals surface area contributed by atoms with Crippen molar-refractivity contribution >= 4 is 50.2 Å². The van der Waals surface area contributed by atoms with Crippen molar-refractivity contribution in [3.05, 3.63) is 58.1 Å². The first-order valence-electron chi connectivity index (χ1n) is 8.08. The summed E-state index contributed by atoms with van der Waals surface area (Å²) in [6.45, 7) is 1.98. The summed E-state index contributed by atoms with van der Waals surface area (Å²) in [7, 11) is 1.59. The lowest BCUT2D eigenvalue weighted by molar-refractivity contribution is -0.113. The maximum absolute atomic E-state index is 12.3. The van der Waals surface area contributed by atoms with E-state index in [1.165, 1.54) is 11.8 Å². The number of hydrogen-bond donors (Lipinski definition) is 1. The van der Waals surface area contributed by atoms with Crippen LogP contribution in [-0.4, -0.2) is 23.8 Å². The highest BCUT2D eigenvalue weighted by Gasteiger charge is 2.12. The van der Waals surface area contributed by atoms with E-state index in [-0.39, 0.29) is 11.7 Å². The second-order valence-electron chi connectivity index (χ2n) is 5.83. The van der Waals surface area contributed by atoms with Crippen LogP contribution in [-0.2, 0) is 4.79 Å². The minimum Gasteiger partial charge on any atom is -0.497 e.